The van der Waals surface area contributed by atoms with Gasteiger partial charge in [0.25, 0.3) is 0 Å². The van der Waals surface area contributed by atoms with Gasteiger partial charge < -0.3 is 9.72 Å². The van der Waals surface area contributed by atoms with Gasteiger partial charge in [-0.1, -0.05) is 6.07 Å². The number of amides is 1. The van der Waals surface area contributed by atoms with Crippen LogP contribution < -0.4 is 5.32 Å². The molecule has 0 fully saturated rings. The molecule has 0 unspecified atom stereocenters. The number of nitrogens with one attached hydrogen (secondary N) is 2. The number of carbonyl (C=O) groups excluding carboxylic acids is 1. The molecule has 2 aromatic heterocycles. The van der Waals surface area contributed by atoms with E-state index in [1.54, 1.807) is 13.1 Å². The predicted octanol–water partition coefficient (Wildman–Crippen LogP) is 4.11. The molecule has 3 aromatic rings. The summed E-state index contributed by atoms with van der Waals surface area (Å²) in [5.41, 5.74) is 4.39. The minimum atomic E-state index is -0.464. The number of aromatic nitrogens is 2. The first-order valence-electron chi connectivity index (χ1n) is 7.16. The molecule has 0 aliphatic heterocycles. The van der Waals surface area contributed by atoms with E-state index in [0.29, 0.717) is 12.3 Å². The molecule has 0 aliphatic rings. The smallest absolute Gasteiger partial charge is 0.411 e. The molecule has 0 saturated carbocycles. The topological polar surface area (TPSA) is 67.0 Å². The molecular weight excluding hydrogens is 278 g/mol. The molecule has 5 nitrogen and oxygen atoms in total. The van der Waals surface area contributed by atoms with Gasteiger partial charge in [-0.15, -0.1) is 0 Å². The van der Waals surface area contributed by atoms with Crippen molar-refractivity contribution >= 4 is 22.7 Å². The van der Waals surface area contributed by atoms with E-state index in [9.17, 15) is 4.79 Å². The summed E-state index contributed by atoms with van der Waals surface area (Å²) in [6, 6.07) is 11.7. The summed E-state index contributed by atoms with van der Waals surface area (Å²) in [7, 11) is 0. The molecule has 5 heteroatoms. The lowest BCUT2D eigenvalue weighted by molar-refractivity contribution is 0.168. The maximum absolute atomic E-state index is 11.7. The van der Waals surface area contributed by atoms with Gasteiger partial charge >= 0.3 is 6.09 Å². The quantitative estimate of drug-likeness (QED) is 0.764. The van der Waals surface area contributed by atoms with E-state index in [2.05, 4.69) is 21.4 Å². The Morgan fingerprint density at radius 3 is 2.91 bits per heavy atom. The third-order valence-electron chi connectivity index (χ3n) is 3.34. The Balaban J connectivity index is 2.10. The minimum absolute atomic E-state index is 0.332. The van der Waals surface area contributed by atoms with Gasteiger partial charge in [0.1, 0.15) is 0 Å². The Kier molecular flexibility index (Phi) is 3.78. The number of carbonyl (C=O) groups is 1. The van der Waals surface area contributed by atoms with E-state index in [1.807, 2.05) is 37.3 Å². The maximum Gasteiger partial charge on any atom is 0.411 e. The van der Waals surface area contributed by atoms with Crippen molar-refractivity contribution in [2.24, 2.45) is 0 Å². The summed E-state index contributed by atoms with van der Waals surface area (Å²) in [4.78, 5) is 19.4. The molecule has 2 N–H and O–H groups in total. The molecule has 0 radical (unpaired) electrons. The van der Waals surface area contributed by atoms with Crippen molar-refractivity contribution < 1.29 is 9.53 Å². The first kappa shape index (κ1) is 14.1. The second-order valence-corrected chi connectivity index (χ2v) is 5.00. The molecule has 0 atom stereocenters. The Bertz CT molecular complexity index is 809. The number of pyridine rings is 1. The van der Waals surface area contributed by atoms with Crippen molar-refractivity contribution in [3.05, 3.63) is 48.3 Å². The normalized spacial score (nSPS) is 10.6. The van der Waals surface area contributed by atoms with Crippen LogP contribution in [0.4, 0.5) is 10.5 Å². The molecule has 22 heavy (non-hydrogen) atoms. The van der Waals surface area contributed by atoms with Crippen molar-refractivity contribution in [1.82, 2.24) is 9.97 Å². The Hall–Kier alpha value is -2.82. The molecule has 0 spiro atoms. The third kappa shape index (κ3) is 2.79. The van der Waals surface area contributed by atoms with Gasteiger partial charge in [-0.2, -0.15) is 0 Å². The largest absolute Gasteiger partial charge is 0.450 e. The van der Waals surface area contributed by atoms with Gasteiger partial charge in [-0.3, -0.25) is 10.3 Å². The number of nitrogens with zero attached hydrogens (tertiary/aromatic N) is 1. The molecule has 0 aliphatic carbocycles. The van der Waals surface area contributed by atoms with Gasteiger partial charge in [0.2, 0.25) is 0 Å². The van der Waals surface area contributed by atoms with Crippen LogP contribution in [0.25, 0.3) is 22.2 Å². The monoisotopic (exact) mass is 295 g/mol. The number of fused-ring (bicyclic) bond motifs is 1. The van der Waals surface area contributed by atoms with Crippen molar-refractivity contribution in [3.63, 3.8) is 0 Å². The zero-order chi connectivity index (χ0) is 15.5. The van der Waals surface area contributed by atoms with Crippen LogP contribution in [-0.4, -0.2) is 22.7 Å². The first-order chi connectivity index (χ1) is 10.7. The average molecular weight is 295 g/mol. The first-order valence-corrected chi connectivity index (χ1v) is 7.16. The van der Waals surface area contributed by atoms with Crippen LogP contribution in [0.3, 0.4) is 0 Å². The van der Waals surface area contributed by atoms with Crippen molar-refractivity contribution in [1.29, 1.82) is 0 Å². The van der Waals surface area contributed by atoms with Crippen LogP contribution >= 0.6 is 0 Å². The van der Waals surface area contributed by atoms with Gasteiger partial charge in [-0.25, -0.2) is 4.79 Å². The van der Waals surface area contributed by atoms with Gasteiger partial charge in [0, 0.05) is 22.8 Å². The molecule has 1 amide bonds. The number of aryl methyl sites for hydroxylation is 1. The van der Waals surface area contributed by atoms with Gasteiger partial charge in [-0.05, 0) is 44.2 Å². The van der Waals surface area contributed by atoms with E-state index in [-0.39, 0.29) is 0 Å². The molecule has 2 heterocycles. The fourth-order valence-corrected chi connectivity index (χ4v) is 2.44. The summed E-state index contributed by atoms with van der Waals surface area (Å²) < 4.78 is 4.97. The lowest BCUT2D eigenvalue weighted by Crippen LogP contribution is -2.13. The summed E-state index contributed by atoms with van der Waals surface area (Å²) >= 11 is 0. The van der Waals surface area contributed by atoms with Crippen LogP contribution in [0, 0.1) is 6.92 Å². The van der Waals surface area contributed by atoms with E-state index in [1.165, 1.54) is 0 Å². The fourth-order valence-electron chi connectivity index (χ4n) is 2.44. The lowest BCUT2D eigenvalue weighted by atomic mass is 10.1. The van der Waals surface area contributed by atoms with Gasteiger partial charge in [0.15, 0.2) is 0 Å². The maximum atomic E-state index is 11.7. The number of hydrogen-bond donors (Lipinski definition) is 2. The number of rotatable bonds is 3. The lowest BCUT2D eigenvalue weighted by Gasteiger charge is -2.09. The summed E-state index contributed by atoms with van der Waals surface area (Å²) in [5.74, 6) is 0. The van der Waals surface area contributed by atoms with E-state index in [4.69, 9.17) is 4.74 Å². The highest BCUT2D eigenvalue weighted by molar-refractivity contribution is 6.01. The minimum Gasteiger partial charge on any atom is -0.450 e. The zero-order valence-corrected chi connectivity index (χ0v) is 12.5. The summed E-state index contributed by atoms with van der Waals surface area (Å²) in [5, 5.41) is 3.81. The summed E-state index contributed by atoms with van der Waals surface area (Å²) in [6.45, 7) is 4.09. The summed E-state index contributed by atoms with van der Waals surface area (Å²) in [6.07, 6.45) is 1.29. The second kappa shape index (κ2) is 5.89. The van der Waals surface area contributed by atoms with Crippen LogP contribution in [0.1, 0.15) is 12.6 Å². The van der Waals surface area contributed by atoms with Gasteiger partial charge in [0.05, 0.1) is 23.5 Å². The molecule has 1 aromatic carbocycles. The molecule has 0 bridgehead atoms. The van der Waals surface area contributed by atoms with E-state index >= 15 is 0 Å². The SMILES string of the molecule is CCOC(=O)Nc1cc(-c2ccccn2)cc2cc(C)[nH]c12. The van der Waals surface area contributed by atoms with Crippen LogP contribution in [0.2, 0.25) is 0 Å². The van der Waals surface area contributed by atoms with Crippen LogP contribution in [-0.2, 0) is 4.74 Å². The molecular formula is C17H17N3O2. The third-order valence-corrected chi connectivity index (χ3v) is 3.34. The Morgan fingerprint density at radius 2 is 2.18 bits per heavy atom. The van der Waals surface area contributed by atoms with Crippen molar-refractivity contribution in [2.45, 2.75) is 13.8 Å². The number of anilines is 1. The fraction of sp³-hybridized carbons (Fsp3) is 0.176. The standard InChI is InChI=1S/C17H17N3O2/c1-3-22-17(21)20-15-10-12(14-6-4-5-7-18-14)9-13-8-11(2)19-16(13)15/h4-10,19H,3H2,1-2H3,(H,20,21). The van der Waals surface area contributed by atoms with Crippen molar-refractivity contribution in [2.75, 3.05) is 11.9 Å². The Morgan fingerprint density at radius 1 is 1.32 bits per heavy atom. The van der Waals surface area contributed by atoms with E-state index in [0.717, 1.165) is 27.9 Å². The van der Waals surface area contributed by atoms with Crippen LogP contribution in [0.15, 0.2) is 42.6 Å². The van der Waals surface area contributed by atoms with Crippen LogP contribution in [0.5, 0.6) is 0 Å². The predicted molar refractivity (Wildman–Crippen MR) is 86.9 cm³/mol. The highest BCUT2D eigenvalue weighted by Crippen LogP contribution is 2.30. The van der Waals surface area contributed by atoms with E-state index < -0.39 is 6.09 Å². The number of ether oxygens (including phenoxy) is 1. The second-order valence-electron chi connectivity index (χ2n) is 5.00. The Labute approximate surface area is 128 Å². The highest BCUT2D eigenvalue weighted by Gasteiger charge is 2.11. The number of aromatic amines is 1. The molecule has 112 valence electrons. The number of hydrogen-bond acceptors (Lipinski definition) is 3. The number of H-pyrrole nitrogens is 1. The van der Waals surface area contributed by atoms with Crippen molar-refractivity contribution in [3.8, 4) is 11.3 Å². The molecule has 3 rings (SSSR count). The average Bonchev–Trinajstić information content (AvgIpc) is 2.89. The molecule has 0 saturated heterocycles. The number of benzene rings is 1. The zero-order valence-electron chi connectivity index (χ0n) is 12.5. The highest BCUT2D eigenvalue weighted by atomic mass is 16.5.